The molecule has 1 aliphatic heterocycles. The van der Waals surface area contributed by atoms with Crippen molar-refractivity contribution < 1.29 is 9.90 Å². The van der Waals surface area contributed by atoms with Gasteiger partial charge in [-0.05, 0) is 44.2 Å². The summed E-state index contributed by atoms with van der Waals surface area (Å²) >= 11 is 6.07. The number of hydrogen-bond donors (Lipinski definition) is 2. The fourth-order valence-corrected chi connectivity index (χ4v) is 3.61. The van der Waals surface area contributed by atoms with Crippen molar-refractivity contribution in [3.8, 4) is 11.4 Å². The maximum atomic E-state index is 12.6. The Morgan fingerprint density at radius 1 is 1.23 bits per heavy atom. The molecule has 1 amide bonds. The second-order valence-corrected chi connectivity index (χ2v) is 7.35. The summed E-state index contributed by atoms with van der Waals surface area (Å²) in [4.78, 5) is 17.5. The van der Waals surface area contributed by atoms with Crippen LogP contribution in [-0.2, 0) is 4.79 Å². The van der Waals surface area contributed by atoms with E-state index in [4.69, 9.17) is 16.6 Å². The topological polar surface area (TPSA) is 92.4 Å². The van der Waals surface area contributed by atoms with E-state index in [-0.39, 0.29) is 17.2 Å². The fourth-order valence-electron chi connectivity index (χ4n) is 3.49. The Hall–Kier alpha value is -3.45. The Balaban J connectivity index is 2.00. The van der Waals surface area contributed by atoms with Gasteiger partial charge in [0.2, 0.25) is 5.91 Å². The number of amides is 1. The highest BCUT2D eigenvalue weighted by molar-refractivity contribution is 6.30. The van der Waals surface area contributed by atoms with Gasteiger partial charge in [0.05, 0.1) is 11.4 Å². The smallest absolute Gasteiger partial charge is 0.249 e. The molecule has 0 saturated heterocycles. The third kappa shape index (κ3) is 3.37. The second-order valence-electron chi connectivity index (χ2n) is 6.91. The summed E-state index contributed by atoms with van der Waals surface area (Å²) in [6.07, 6.45) is 0. The number of nitrogens with zero attached hydrogens (tertiary/aromatic N) is 4. The minimum atomic E-state index is -0.752. The van der Waals surface area contributed by atoms with Crippen molar-refractivity contribution in [2.45, 2.75) is 19.9 Å². The van der Waals surface area contributed by atoms with Gasteiger partial charge in [-0.1, -0.05) is 30.3 Å². The van der Waals surface area contributed by atoms with Crippen LogP contribution in [0, 0.1) is 6.92 Å². The van der Waals surface area contributed by atoms with Crippen LogP contribution < -0.4 is 5.32 Å². The molecule has 0 spiro atoms. The molecule has 30 heavy (non-hydrogen) atoms. The van der Waals surface area contributed by atoms with Gasteiger partial charge in [0.15, 0.2) is 5.82 Å². The lowest BCUT2D eigenvalue weighted by Gasteiger charge is -2.14. The lowest BCUT2D eigenvalue weighted by molar-refractivity contribution is -0.117. The number of nitrogens with one attached hydrogen (secondary N) is 1. The zero-order chi connectivity index (χ0) is 21.4. The summed E-state index contributed by atoms with van der Waals surface area (Å²) < 4.78 is 1.84. The molecule has 8 heteroatoms. The second kappa shape index (κ2) is 7.76. The standard InChI is InChI=1S/C22H20ClN5O2/c1-4-24-22(30)12(2)19-21-27-26-13(3)28(21)18-10-9-16(29)11-17(18)20(25-19)14-5-7-15(23)8-6-14/h5-11,19,29H,2,4H2,1,3H3,(H,24,30). The zero-order valence-corrected chi connectivity index (χ0v) is 17.3. The number of likely N-dealkylation sites (N-methyl/N-ethyl adjacent to an activating group) is 1. The monoisotopic (exact) mass is 421 g/mol. The molecule has 1 atom stereocenters. The van der Waals surface area contributed by atoms with Gasteiger partial charge < -0.3 is 10.4 Å². The van der Waals surface area contributed by atoms with Crippen LogP contribution in [0.2, 0.25) is 5.02 Å². The van der Waals surface area contributed by atoms with Crippen LogP contribution in [0.3, 0.4) is 0 Å². The fraction of sp³-hybridized carbons (Fsp3) is 0.182. The highest BCUT2D eigenvalue weighted by Gasteiger charge is 2.32. The number of carbonyl (C=O) groups excluding carboxylic acids is 1. The van der Waals surface area contributed by atoms with Crippen molar-refractivity contribution in [3.63, 3.8) is 0 Å². The minimum Gasteiger partial charge on any atom is -0.508 e. The average Bonchev–Trinajstić information content (AvgIpc) is 3.03. The number of aromatic hydroxyl groups is 1. The normalized spacial score (nSPS) is 14.9. The van der Waals surface area contributed by atoms with Crippen LogP contribution in [0.4, 0.5) is 0 Å². The van der Waals surface area contributed by atoms with E-state index >= 15 is 0 Å². The van der Waals surface area contributed by atoms with E-state index in [1.165, 1.54) is 0 Å². The lowest BCUT2D eigenvalue weighted by Crippen LogP contribution is -2.27. The van der Waals surface area contributed by atoms with Gasteiger partial charge in [-0.3, -0.25) is 14.4 Å². The SMILES string of the molecule is C=C(C(=O)NCC)C1N=C(c2ccc(Cl)cc2)c2cc(O)ccc2-n2c(C)nnc21. The number of phenols is 1. The van der Waals surface area contributed by atoms with Gasteiger partial charge in [0.1, 0.15) is 17.6 Å². The number of halogens is 1. The van der Waals surface area contributed by atoms with E-state index < -0.39 is 6.04 Å². The maximum absolute atomic E-state index is 12.6. The molecule has 1 aromatic heterocycles. The molecule has 2 N–H and O–H groups in total. The zero-order valence-electron chi connectivity index (χ0n) is 16.6. The van der Waals surface area contributed by atoms with E-state index in [2.05, 4.69) is 22.1 Å². The quantitative estimate of drug-likeness (QED) is 0.630. The molecule has 0 radical (unpaired) electrons. The summed E-state index contributed by atoms with van der Waals surface area (Å²) in [5.41, 5.74) is 3.08. The molecule has 4 rings (SSSR count). The third-order valence-electron chi connectivity index (χ3n) is 4.91. The molecule has 3 aromatic rings. The molecule has 1 unspecified atom stereocenters. The number of aryl methyl sites for hydroxylation is 1. The molecule has 1 aliphatic rings. The summed E-state index contributed by atoms with van der Waals surface area (Å²) in [5.74, 6) is 0.921. The predicted octanol–water partition coefficient (Wildman–Crippen LogP) is 3.52. The number of phenolic OH excluding ortho intramolecular Hbond substituents is 1. The van der Waals surface area contributed by atoms with Crippen LogP contribution in [0.1, 0.15) is 35.7 Å². The van der Waals surface area contributed by atoms with Crippen molar-refractivity contribution in [1.29, 1.82) is 0 Å². The minimum absolute atomic E-state index is 0.101. The number of carbonyl (C=O) groups is 1. The number of aliphatic imine (C=N–C) groups is 1. The Kier molecular flexibility index (Phi) is 5.13. The van der Waals surface area contributed by atoms with Crippen LogP contribution in [-0.4, -0.2) is 38.0 Å². The molecule has 7 nitrogen and oxygen atoms in total. The number of fused-ring (bicyclic) bond motifs is 3. The van der Waals surface area contributed by atoms with Crippen LogP contribution >= 0.6 is 11.6 Å². The van der Waals surface area contributed by atoms with Gasteiger partial charge >= 0.3 is 0 Å². The van der Waals surface area contributed by atoms with Crippen LogP contribution in [0.25, 0.3) is 5.69 Å². The molecule has 2 heterocycles. The summed E-state index contributed by atoms with van der Waals surface area (Å²) in [5, 5.41) is 22.1. The number of hydrogen-bond acceptors (Lipinski definition) is 5. The molecule has 0 fully saturated rings. The first-order chi connectivity index (χ1) is 14.4. The first kappa shape index (κ1) is 19.8. The third-order valence-corrected chi connectivity index (χ3v) is 5.16. The van der Waals surface area contributed by atoms with Crippen LogP contribution in [0.5, 0.6) is 5.75 Å². The van der Waals surface area contributed by atoms with Gasteiger partial charge in [0, 0.05) is 28.3 Å². The molecule has 0 saturated carbocycles. The maximum Gasteiger partial charge on any atom is 0.249 e. The lowest BCUT2D eigenvalue weighted by atomic mass is 9.99. The number of aromatic nitrogens is 3. The Morgan fingerprint density at radius 3 is 2.67 bits per heavy atom. The molecular formula is C22H20ClN5O2. The predicted molar refractivity (Wildman–Crippen MR) is 115 cm³/mol. The average molecular weight is 422 g/mol. The number of benzene rings is 2. The summed E-state index contributed by atoms with van der Waals surface area (Å²) in [7, 11) is 0. The van der Waals surface area contributed by atoms with Gasteiger partial charge in [0.25, 0.3) is 0 Å². The van der Waals surface area contributed by atoms with Gasteiger partial charge in [-0.15, -0.1) is 10.2 Å². The van der Waals surface area contributed by atoms with E-state index in [0.717, 1.165) is 11.3 Å². The first-order valence-electron chi connectivity index (χ1n) is 9.47. The largest absolute Gasteiger partial charge is 0.508 e. The van der Waals surface area contributed by atoms with E-state index in [1.807, 2.05) is 30.5 Å². The molecule has 152 valence electrons. The molecular weight excluding hydrogens is 402 g/mol. The van der Waals surface area contributed by atoms with Crippen molar-refractivity contribution in [2.24, 2.45) is 4.99 Å². The Labute approximate surface area is 178 Å². The Bertz CT molecular complexity index is 1180. The van der Waals surface area contributed by atoms with Gasteiger partial charge in [-0.25, -0.2) is 0 Å². The van der Waals surface area contributed by atoms with Crippen molar-refractivity contribution >= 4 is 23.2 Å². The first-order valence-corrected chi connectivity index (χ1v) is 9.85. The van der Waals surface area contributed by atoms with E-state index in [0.29, 0.717) is 34.5 Å². The van der Waals surface area contributed by atoms with Gasteiger partial charge in [-0.2, -0.15) is 0 Å². The molecule has 0 aliphatic carbocycles. The molecule has 0 bridgehead atoms. The van der Waals surface area contributed by atoms with Crippen LogP contribution in [0.15, 0.2) is 59.6 Å². The van der Waals surface area contributed by atoms with E-state index in [9.17, 15) is 9.90 Å². The number of rotatable bonds is 4. The van der Waals surface area contributed by atoms with Crippen molar-refractivity contribution in [2.75, 3.05) is 6.54 Å². The van der Waals surface area contributed by atoms with Crippen molar-refractivity contribution in [3.05, 3.63) is 82.4 Å². The molecule has 2 aromatic carbocycles. The van der Waals surface area contributed by atoms with Crippen molar-refractivity contribution in [1.82, 2.24) is 20.1 Å². The summed E-state index contributed by atoms with van der Waals surface area (Å²) in [6.45, 7) is 8.13. The Morgan fingerprint density at radius 2 is 1.97 bits per heavy atom. The highest BCUT2D eigenvalue weighted by Crippen LogP contribution is 2.35. The summed E-state index contributed by atoms with van der Waals surface area (Å²) in [6, 6.07) is 11.5. The van der Waals surface area contributed by atoms with E-state index in [1.54, 1.807) is 30.3 Å². The highest BCUT2D eigenvalue weighted by atomic mass is 35.5.